The topological polar surface area (TPSA) is 17.1 Å². The lowest BCUT2D eigenvalue weighted by Crippen LogP contribution is -2.01. The number of carbonyl (C=O) groups excluding carboxylic acids is 1. The van der Waals surface area contributed by atoms with Crippen LogP contribution < -0.4 is 0 Å². The van der Waals surface area contributed by atoms with Crippen LogP contribution >= 0.6 is 43.2 Å². The van der Waals surface area contributed by atoms with Crippen molar-refractivity contribution < 1.29 is 4.79 Å². The number of hydrogen-bond donors (Lipinski definition) is 0. The standard InChI is InChI=1S/C12H8Br2OS/c13-10-3-1-2-8(4-10)5-11(15)9-6-12(14)16-7-9/h1-4,6-7H,5H2. The predicted octanol–water partition coefficient (Wildman–Crippen LogP) is 4.70. The van der Waals surface area contributed by atoms with Crippen molar-refractivity contribution in [1.82, 2.24) is 0 Å². The zero-order valence-electron chi connectivity index (χ0n) is 8.24. The second-order valence-electron chi connectivity index (χ2n) is 3.37. The minimum atomic E-state index is 0.153. The Morgan fingerprint density at radius 2 is 2.06 bits per heavy atom. The quantitative estimate of drug-likeness (QED) is 0.726. The van der Waals surface area contributed by atoms with Crippen molar-refractivity contribution >= 4 is 49.0 Å². The molecule has 16 heavy (non-hydrogen) atoms. The number of halogens is 2. The molecule has 0 saturated carbocycles. The van der Waals surface area contributed by atoms with Crippen molar-refractivity contribution in [2.45, 2.75) is 6.42 Å². The molecule has 1 aromatic heterocycles. The van der Waals surface area contributed by atoms with E-state index in [0.29, 0.717) is 6.42 Å². The Morgan fingerprint density at radius 1 is 1.25 bits per heavy atom. The molecule has 0 N–H and O–H groups in total. The lowest BCUT2D eigenvalue weighted by molar-refractivity contribution is 0.0993. The lowest BCUT2D eigenvalue weighted by Gasteiger charge is -1.99. The van der Waals surface area contributed by atoms with E-state index < -0.39 is 0 Å². The molecule has 2 rings (SSSR count). The summed E-state index contributed by atoms with van der Waals surface area (Å²) in [5, 5.41) is 1.88. The molecule has 0 bridgehead atoms. The van der Waals surface area contributed by atoms with Crippen LogP contribution in [-0.4, -0.2) is 5.78 Å². The molecular formula is C12H8Br2OS. The van der Waals surface area contributed by atoms with Crippen LogP contribution in [-0.2, 0) is 6.42 Å². The first-order valence-corrected chi connectivity index (χ1v) is 7.13. The number of Topliss-reactive ketones (excluding diaryl/α,β-unsaturated/α-hetero) is 1. The van der Waals surface area contributed by atoms with E-state index in [2.05, 4.69) is 31.9 Å². The Kier molecular flexibility index (Phi) is 3.95. The van der Waals surface area contributed by atoms with E-state index in [-0.39, 0.29) is 5.78 Å². The summed E-state index contributed by atoms with van der Waals surface area (Å²) in [6.45, 7) is 0. The maximum Gasteiger partial charge on any atom is 0.168 e. The summed E-state index contributed by atoms with van der Waals surface area (Å²) in [4.78, 5) is 11.9. The molecule has 1 heterocycles. The molecule has 0 spiro atoms. The maximum absolute atomic E-state index is 11.9. The lowest BCUT2D eigenvalue weighted by atomic mass is 10.1. The molecule has 2 aromatic rings. The number of rotatable bonds is 3. The first-order valence-electron chi connectivity index (χ1n) is 4.67. The Bertz CT molecular complexity index is 519. The van der Waals surface area contributed by atoms with Crippen molar-refractivity contribution in [2.75, 3.05) is 0 Å². The Hall–Kier alpha value is -0.450. The molecule has 0 unspecified atom stereocenters. The molecule has 0 amide bonds. The molecule has 1 nitrogen and oxygen atoms in total. The van der Waals surface area contributed by atoms with Gasteiger partial charge in [-0.15, -0.1) is 11.3 Å². The number of ketones is 1. The van der Waals surface area contributed by atoms with Gasteiger partial charge in [0.1, 0.15) is 0 Å². The molecule has 0 saturated heterocycles. The summed E-state index contributed by atoms with van der Waals surface area (Å²) in [5.74, 6) is 0.153. The molecule has 0 aliphatic heterocycles. The Labute approximate surface area is 115 Å². The van der Waals surface area contributed by atoms with Crippen molar-refractivity contribution in [2.24, 2.45) is 0 Å². The SMILES string of the molecule is O=C(Cc1cccc(Br)c1)c1csc(Br)c1. The van der Waals surface area contributed by atoms with Gasteiger partial charge in [0.25, 0.3) is 0 Å². The molecule has 4 heteroatoms. The second-order valence-corrected chi connectivity index (χ2v) is 6.58. The van der Waals surface area contributed by atoms with Crippen LogP contribution in [0.25, 0.3) is 0 Å². The average molecular weight is 360 g/mol. The Morgan fingerprint density at radius 3 is 2.69 bits per heavy atom. The first kappa shape index (κ1) is 12.0. The smallest absolute Gasteiger partial charge is 0.168 e. The molecule has 1 aromatic carbocycles. The highest BCUT2D eigenvalue weighted by atomic mass is 79.9. The fourth-order valence-corrected chi connectivity index (χ4v) is 3.00. The summed E-state index contributed by atoms with van der Waals surface area (Å²) < 4.78 is 1.99. The van der Waals surface area contributed by atoms with Gasteiger partial charge in [-0.25, -0.2) is 0 Å². The molecule has 0 radical (unpaired) electrons. The van der Waals surface area contributed by atoms with Crippen LogP contribution in [0.15, 0.2) is 44.0 Å². The van der Waals surface area contributed by atoms with E-state index in [1.807, 2.05) is 35.7 Å². The normalized spacial score (nSPS) is 10.4. The van der Waals surface area contributed by atoms with Crippen molar-refractivity contribution in [1.29, 1.82) is 0 Å². The highest BCUT2D eigenvalue weighted by molar-refractivity contribution is 9.11. The average Bonchev–Trinajstić information content (AvgIpc) is 2.65. The van der Waals surface area contributed by atoms with Gasteiger partial charge in [-0.1, -0.05) is 28.1 Å². The molecule has 0 atom stereocenters. The van der Waals surface area contributed by atoms with E-state index in [0.717, 1.165) is 19.4 Å². The fraction of sp³-hybridized carbons (Fsp3) is 0.0833. The highest BCUT2D eigenvalue weighted by Crippen LogP contribution is 2.22. The monoisotopic (exact) mass is 358 g/mol. The van der Waals surface area contributed by atoms with Crippen LogP contribution in [0.1, 0.15) is 15.9 Å². The van der Waals surface area contributed by atoms with E-state index in [1.54, 1.807) is 0 Å². The molecule has 82 valence electrons. The first-order chi connectivity index (χ1) is 7.65. The summed E-state index contributed by atoms with van der Waals surface area (Å²) >= 11 is 8.28. The minimum absolute atomic E-state index is 0.153. The number of carbonyl (C=O) groups is 1. The van der Waals surface area contributed by atoms with E-state index in [4.69, 9.17) is 0 Å². The summed E-state index contributed by atoms with van der Waals surface area (Å²) in [6, 6.07) is 9.69. The second kappa shape index (κ2) is 5.25. The summed E-state index contributed by atoms with van der Waals surface area (Å²) in [6.07, 6.45) is 0.447. The molecule has 0 fully saturated rings. The van der Waals surface area contributed by atoms with Gasteiger partial charge >= 0.3 is 0 Å². The fourth-order valence-electron chi connectivity index (χ4n) is 1.39. The van der Waals surface area contributed by atoms with Crippen molar-refractivity contribution in [3.8, 4) is 0 Å². The number of hydrogen-bond acceptors (Lipinski definition) is 2. The number of benzene rings is 1. The highest BCUT2D eigenvalue weighted by Gasteiger charge is 2.09. The van der Waals surface area contributed by atoms with Gasteiger partial charge in [-0.05, 0) is 39.7 Å². The predicted molar refractivity (Wildman–Crippen MR) is 74.2 cm³/mol. The number of thiophene rings is 1. The van der Waals surface area contributed by atoms with Gasteiger partial charge in [-0.2, -0.15) is 0 Å². The van der Waals surface area contributed by atoms with E-state index in [9.17, 15) is 4.79 Å². The largest absolute Gasteiger partial charge is 0.294 e. The van der Waals surface area contributed by atoms with Gasteiger partial charge in [0.15, 0.2) is 5.78 Å². The Balaban J connectivity index is 2.13. The van der Waals surface area contributed by atoms with Crippen molar-refractivity contribution in [3.05, 3.63) is 55.1 Å². The zero-order chi connectivity index (χ0) is 11.5. The third-order valence-corrected chi connectivity index (χ3v) is 4.14. The van der Waals surface area contributed by atoms with Crippen LogP contribution in [0.3, 0.4) is 0 Å². The van der Waals surface area contributed by atoms with Crippen LogP contribution in [0.4, 0.5) is 0 Å². The van der Waals surface area contributed by atoms with Gasteiger partial charge < -0.3 is 0 Å². The van der Waals surface area contributed by atoms with Gasteiger partial charge in [0, 0.05) is 21.8 Å². The minimum Gasteiger partial charge on any atom is -0.294 e. The van der Waals surface area contributed by atoms with E-state index in [1.165, 1.54) is 11.3 Å². The molecule has 0 aliphatic rings. The third kappa shape index (κ3) is 3.03. The van der Waals surface area contributed by atoms with Crippen LogP contribution in [0, 0.1) is 0 Å². The zero-order valence-corrected chi connectivity index (χ0v) is 12.2. The summed E-state index contributed by atoms with van der Waals surface area (Å²) in [7, 11) is 0. The van der Waals surface area contributed by atoms with Gasteiger partial charge in [0.05, 0.1) is 3.79 Å². The van der Waals surface area contributed by atoms with Crippen molar-refractivity contribution in [3.63, 3.8) is 0 Å². The maximum atomic E-state index is 11.9. The summed E-state index contributed by atoms with van der Waals surface area (Å²) in [5.41, 5.74) is 1.80. The van der Waals surface area contributed by atoms with E-state index >= 15 is 0 Å². The third-order valence-electron chi connectivity index (χ3n) is 2.14. The molecular weight excluding hydrogens is 352 g/mol. The van der Waals surface area contributed by atoms with Crippen LogP contribution in [0.2, 0.25) is 0 Å². The van der Waals surface area contributed by atoms with Gasteiger partial charge in [-0.3, -0.25) is 4.79 Å². The molecule has 0 aliphatic carbocycles. The van der Waals surface area contributed by atoms with Crippen LogP contribution in [0.5, 0.6) is 0 Å². The van der Waals surface area contributed by atoms with Gasteiger partial charge in [0.2, 0.25) is 0 Å².